The number of allylic oxidation sites excluding steroid dienone is 1. The van der Waals surface area contributed by atoms with Crippen LogP contribution in [0.25, 0.3) is 5.70 Å². The standard InChI is InChI=1S/C19H20N2/c1-19(2)14-20-13-12-17(15-8-4-3-5-9-15)21-18-11-7-6-10-16(18)19/h3-13,21H,14H2,1-2H3/b17-12-,20-13?. The van der Waals surface area contributed by atoms with Crippen molar-refractivity contribution in [2.24, 2.45) is 4.99 Å². The molecule has 0 atom stereocenters. The summed E-state index contributed by atoms with van der Waals surface area (Å²) >= 11 is 0. The van der Waals surface area contributed by atoms with Gasteiger partial charge in [0.15, 0.2) is 0 Å². The molecule has 3 rings (SSSR count). The van der Waals surface area contributed by atoms with Crippen LogP contribution in [0.1, 0.15) is 25.0 Å². The van der Waals surface area contributed by atoms with E-state index in [0.717, 1.165) is 17.9 Å². The number of aliphatic imine (C=N–C) groups is 1. The predicted octanol–water partition coefficient (Wildman–Crippen LogP) is 4.50. The number of nitrogens with zero attached hydrogens (tertiary/aromatic N) is 1. The van der Waals surface area contributed by atoms with Crippen LogP contribution in [0.3, 0.4) is 0 Å². The first-order valence-electron chi connectivity index (χ1n) is 7.29. The van der Waals surface area contributed by atoms with Crippen LogP contribution < -0.4 is 5.32 Å². The third-order valence-corrected chi connectivity index (χ3v) is 3.84. The minimum atomic E-state index is 0.0140. The lowest BCUT2D eigenvalue weighted by atomic mass is 9.83. The summed E-state index contributed by atoms with van der Waals surface area (Å²) in [4.78, 5) is 4.58. The molecule has 0 unspecified atom stereocenters. The molecule has 106 valence electrons. The van der Waals surface area contributed by atoms with E-state index >= 15 is 0 Å². The molecular formula is C19H20N2. The monoisotopic (exact) mass is 276 g/mol. The van der Waals surface area contributed by atoms with Crippen molar-refractivity contribution in [3.05, 3.63) is 71.8 Å². The van der Waals surface area contributed by atoms with Gasteiger partial charge in [-0.2, -0.15) is 0 Å². The average Bonchev–Trinajstić information content (AvgIpc) is 2.57. The Balaban J connectivity index is 2.08. The van der Waals surface area contributed by atoms with Gasteiger partial charge in [0.1, 0.15) is 0 Å². The second kappa shape index (κ2) is 5.57. The highest BCUT2D eigenvalue weighted by molar-refractivity contribution is 5.90. The van der Waals surface area contributed by atoms with E-state index in [2.05, 4.69) is 72.7 Å². The van der Waals surface area contributed by atoms with Gasteiger partial charge in [-0.3, -0.25) is 4.99 Å². The van der Waals surface area contributed by atoms with Gasteiger partial charge in [-0.05, 0) is 23.3 Å². The van der Waals surface area contributed by atoms with Crippen molar-refractivity contribution in [3.8, 4) is 0 Å². The largest absolute Gasteiger partial charge is 0.355 e. The van der Waals surface area contributed by atoms with Crippen LogP contribution in [0.15, 0.2) is 65.7 Å². The van der Waals surface area contributed by atoms with Crippen LogP contribution in [0.4, 0.5) is 5.69 Å². The zero-order valence-corrected chi connectivity index (χ0v) is 12.5. The Labute approximate surface area is 126 Å². The fourth-order valence-corrected chi connectivity index (χ4v) is 2.65. The second-order valence-corrected chi connectivity index (χ2v) is 5.99. The molecule has 0 fully saturated rings. The summed E-state index contributed by atoms with van der Waals surface area (Å²) < 4.78 is 0. The maximum absolute atomic E-state index is 4.58. The lowest BCUT2D eigenvalue weighted by Gasteiger charge is -2.26. The third-order valence-electron chi connectivity index (χ3n) is 3.84. The van der Waals surface area contributed by atoms with E-state index in [0.29, 0.717) is 0 Å². The molecule has 0 saturated heterocycles. The van der Waals surface area contributed by atoms with Gasteiger partial charge in [0, 0.05) is 29.6 Å². The molecule has 2 heteroatoms. The van der Waals surface area contributed by atoms with Crippen molar-refractivity contribution < 1.29 is 0 Å². The molecule has 0 aliphatic carbocycles. The van der Waals surface area contributed by atoms with Crippen molar-refractivity contribution in [1.29, 1.82) is 0 Å². The molecule has 21 heavy (non-hydrogen) atoms. The zero-order valence-electron chi connectivity index (χ0n) is 12.5. The van der Waals surface area contributed by atoms with Gasteiger partial charge in [0.25, 0.3) is 0 Å². The van der Waals surface area contributed by atoms with Crippen molar-refractivity contribution in [1.82, 2.24) is 0 Å². The molecule has 0 amide bonds. The second-order valence-electron chi connectivity index (χ2n) is 5.99. The molecule has 1 aliphatic rings. The van der Waals surface area contributed by atoms with E-state index in [1.165, 1.54) is 11.1 Å². The summed E-state index contributed by atoms with van der Waals surface area (Å²) in [5, 5.41) is 3.58. The smallest absolute Gasteiger partial charge is 0.0481 e. The van der Waals surface area contributed by atoms with Crippen LogP contribution in [-0.2, 0) is 5.41 Å². The first kappa shape index (κ1) is 13.6. The van der Waals surface area contributed by atoms with Gasteiger partial charge in [0.2, 0.25) is 0 Å². The van der Waals surface area contributed by atoms with E-state index in [1.807, 2.05) is 18.4 Å². The Bertz CT molecular complexity index is 682. The van der Waals surface area contributed by atoms with Gasteiger partial charge in [-0.15, -0.1) is 0 Å². The van der Waals surface area contributed by atoms with E-state index in [1.54, 1.807) is 0 Å². The van der Waals surface area contributed by atoms with Crippen molar-refractivity contribution >= 4 is 17.6 Å². The van der Waals surface area contributed by atoms with Gasteiger partial charge in [-0.1, -0.05) is 62.4 Å². The molecule has 0 aromatic heterocycles. The van der Waals surface area contributed by atoms with Gasteiger partial charge in [0.05, 0.1) is 0 Å². The van der Waals surface area contributed by atoms with Gasteiger partial charge < -0.3 is 5.32 Å². The van der Waals surface area contributed by atoms with Crippen LogP contribution in [0.5, 0.6) is 0 Å². The highest BCUT2D eigenvalue weighted by Gasteiger charge is 2.23. The maximum atomic E-state index is 4.58. The van der Waals surface area contributed by atoms with E-state index in [9.17, 15) is 0 Å². The number of hydrogen-bond acceptors (Lipinski definition) is 2. The molecule has 1 N–H and O–H groups in total. The zero-order chi connectivity index (χ0) is 14.7. The third kappa shape index (κ3) is 2.89. The van der Waals surface area contributed by atoms with E-state index in [4.69, 9.17) is 0 Å². The Kier molecular flexibility index (Phi) is 3.61. The number of hydrogen-bond donors (Lipinski definition) is 1. The Morgan fingerprint density at radius 1 is 0.952 bits per heavy atom. The van der Waals surface area contributed by atoms with E-state index < -0.39 is 0 Å². The Hall–Kier alpha value is -2.35. The highest BCUT2D eigenvalue weighted by Crippen LogP contribution is 2.32. The fraction of sp³-hybridized carbons (Fsp3) is 0.211. The molecule has 1 aliphatic heterocycles. The molecular weight excluding hydrogens is 256 g/mol. The summed E-state index contributed by atoms with van der Waals surface area (Å²) in [5.74, 6) is 0. The number of nitrogens with one attached hydrogen (secondary N) is 1. The number of fused-ring (bicyclic) bond motifs is 1. The van der Waals surface area contributed by atoms with Crippen LogP contribution >= 0.6 is 0 Å². The summed E-state index contributed by atoms with van der Waals surface area (Å²) in [6, 6.07) is 18.8. The molecule has 2 aromatic rings. The number of rotatable bonds is 1. The van der Waals surface area contributed by atoms with E-state index in [-0.39, 0.29) is 5.41 Å². The SMILES string of the molecule is CC1(C)CN=C/C=C(/c2ccccc2)Nc2ccccc21. The van der Waals surface area contributed by atoms with Gasteiger partial charge >= 0.3 is 0 Å². The lowest BCUT2D eigenvalue weighted by Crippen LogP contribution is -2.22. The first-order valence-corrected chi connectivity index (χ1v) is 7.29. The summed E-state index contributed by atoms with van der Waals surface area (Å²) in [6.45, 7) is 5.25. The highest BCUT2D eigenvalue weighted by atomic mass is 14.9. The molecule has 0 bridgehead atoms. The molecule has 0 spiro atoms. The quantitative estimate of drug-likeness (QED) is 0.814. The minimum absolute atomic E-state index is 0.0140. The molecule has 0 saturated carbocycles. The van der Waals surface area contributed by atoms with Crippen LogP contribution in [0, 0.1) is 0 Å². The minimum Gasteiger partial charge on any atom is -0.355 e. The first-order chi connectivity index (χ1) is 10.2. The molecule has 2 nitrogen and oxygen atoms in total. The summed E-state index contributed by atoms with van der Waals surface area (Å²) in [7, 11) is 0. The number of anilines is 1. The maximum Gasteiger partial charge on any atom is 0.0481 e. The molecule has 0 radical (unpaired) electrons. The molecule has 2 aromatic carbocycles. The van der Waals surface area contributed by atoms with Crippen molar-refractivity contribution in [3.63, 3.8) is 0 Å². The van der Waals surface area contributed by atoms with Crippen LogP contribution in [-0.4, -0.2) is 12.8 Å². The Morgan fingerprint density at radius 3 is 2.48 bits per heavy atom. The van der Waals surface area contributed by atoms with Crippen LogP contribution in [0.2, 0.25) is 0 Å². The number of benzene rings is 2. The summed E-state index contributed by atoms with van der Waals surface area (Å²) in [5.41, 5.74) is 4.71. The predicted molar refractivity (Wildman–Crippen MR) is 90.9 cm³/mol. The normalized spacial score (nSPS) is 19.2. The van der Waals surface area contributed by atoms with Gasteiger partial charge in [-0.25, -0.2) is 0 Å². The number of para-hydroxylation sites is 1. The molecule has 1 heterocycles. The fourth-order valence-electron chi connectivity index (χ4n) is 2.65. The summed E-state index contributed by atoms with van der Waals surface area (Å²) in [6.07, 6.45) is 3.95. The lowest BCUT2D eigenvalue weighted by molar-refractivity contribution is 0.543. The Morgan fingerprint density at radius 2 is 1.67 bits per heavy atom. The average molecular weight is 276 g/mol. The topological polar surface area (TPSA) is 24.4 Å². The van der Waals surface area contributed by atoms with Crippen molar-refractivity contribution in [2.75, 3.05) is 11.9 Å². The van der Waals surface area contributed by atoms with Crippen molar-refractivity contribution in [2.45, 2.75) is 19.3 Å².